The molecule has 0 unspecified atom stereocenters. The fraction of sp³-hybridized carbons (Fsp3) is 0.296. The molecule has 5 rings (SSSR count). The van der Waals surface area contributed by atoms with Crippen LogP contribution in [0.5, 0.6) is 0 Å². The van der Waals surface area contributed by atoms with Gasteiger partial charge in [-0.1, -0.05) is 30.3 Å². The first-order chi connectivity index (χ1) is 16.9. The molecule has 0 spiro atoms. The van der Waals surface area contributed by atoms with Crippen molar-refractivity contribution in [3.05, 3.63) is 69.6 Å². The Labute approximate surface area is 212 Å². The molecule has 2 aromatic heterocycles. The summed E-state index contributed by atoms with van der Waals surface area (Å²) in [5, 5.41) is 4.87. The molecule has 35 heavy (non-hydrogen) atoms. The van der Waals surface area contributed by atoms with E-state index in [2.05, 4.69) is 37.4 Å². The number of thiophene rings is 1. The number of carbonyl (C=O) groups is 2. The minimum atomic E-state index is -0.298. The van der Waals surface area contributed by atoms with Gasteiger partial charge in [-0.2, -0.15) is 0 Å². The molecule has 6 nitrogen and oxygen atoms in total. The van der Waals surface area contributed by atoms with E-state index in [9.17, 15) is 9.59 Å². The van der Waals surface area contributed by atoms with Crippen molar-refractivity contribution in [3.8, 4) is 10.6 Å². The van der Waals surface area contributed by atoms with Gasteiger partial charge < -0.3 is 15.0 Å². The number of amides is 2. The highest BCUT2D eigenvalue weighted by Gasteiger charge is 2.30. The first-order valence-electron chi connectivity index (χ1n) is 11.7. The van der Waals surface area contributed by atoms with E-state index in [-0.39, 0.29) is 12.0 Å². The van der Waals surface area contributed by atoms with Crippen LogP contribution in [0.2, 0.25) is 0 Å². The average Bonchev–Trinajstić information content (AvgIpc) is 3.41. The number of benzene rings is 2. The lowest BCUT2D eigenvalue weighted by molar-refractivity contribution is -0.115. The second-order valence-corrected chi connectivity index (χ2v) is 10.8. The first-order valence-corrected chi connectivity index (χ1v) is 13.3. The molecule has 0 saturated heterocycles. The molecule has 1 aliphatic heterocycles. The molecule has 2 aromatic carbocycles. The summed E-state index contributed by atoms with van der Waals surface area (Å²) in [5.41, 5.74) is 6.48. The molecule has 1 N–H and O–H groups in total. The molecule has 0 aliphatic carbocycles. The highest BCUT2D eigenvalue weighted by atomic mass is 32.1. The summed E-state index contributed by atoms with van der Waals surface area (Å²) in [6.07, 6.45) is 0.703. The fourth-order valence-electron chi connectivity index (χ4n) is 4.34. The average molecular weight is 506 g/mol. The second-order valence-electron chi connectivity index (χ2n) is 8.71. The highest BCUT2D eigenvalue weighted by Crippen LogP contribution is 2.45. The molecule has 0 radical (unpaired) electrons. The van der Waals surface area contributed by atoms with E-state index >= 15 is 0 Å². The predicted octanol–water partition coefficient (Wildman–Crippen LogP) is 6.34. The van der Waals surface area contributed by atoms with Crippen molar-refractivity contribution in [2.75, 3.05) is 18.5 Å². The Kier molecular flexibility index (Phi) is 6.58. The van der Waals surface area contributed by atoms with Crippen LogP contribution in [0.3, 0.4) is 0 Å². The van der Waals surface area contributed by atoms with Gasteiger partial charge in [0.15, 0.2) is 0 Å². The quantitative estimate of drug-likeness (QED) is 0.344. The Morgan fingerprint density at radius 2 is 1.94 bits per heavy atom. The van der Waals surface area contributed by atoms with Crippen LogP contribution in [0.1, 0.15) is 34.1 Å². The van der Waals surface area contributed by atoms with Crippen LogP contribution in [-0.2, 0) is 28.9 Å². The summed E-state index contributed by atoms with van der Waals surface area (Å²) < 4.78 is 6.33. The molecule has 0 bridgehead atoms. The zero-order valence-corrected chi connectivity index (χ0v) is 21.6. The van der Waals surface area contributed by atoms with E-state index in [1.807, 2.05) is 31.2 Å². The van der Waals surface area contributed by atoms with Crippen molar-refractivity contribution < 1.29 is 14.3 Å². The van der Waals surface area contributed by atoms with Crippen LogP contribution in [-0.4, -0.2) is 35.0 Å². The molecule has 1 aliphatic rings. The van der Waals surface area contributed by atoms with Crippen LogP contribution in [0.15, 0.2) is 42.5 Å². The van der Waals surface area contributed by atoms with Crippen LogP contribution < -0.4 is 5.32 Å². The predicted molar refractivity (Wildman–Crippen MR) is 142 cm³/mol. The number of aromatic nitrogens is 1. The van der Waals surface area contributed by atoms with Crippen molar-refractivity contribution in [2.45, 2.75) is 40.2 Å². The van der Waals surface area contributed by atoms with Gasteiger partial charge >= 0.3 is 6.09 Å². The van der Waals surface area contributed by atoms with Crippen molar-refractivity contribution in [2.24, 2.45) is 0 Å². The van der Waals surface area contributed by atoms with E-state index in [0.717, 1.165) is 41.8 Å². The SMILES string of the molecule is CCOC(=O)N1CCc2c(sc(NC(=O)Cc3ccc(C)c(C)c3)c2-c2nc3ccccc3s2)C1. The van der Waals surface area contributed by atoms with E-state index < -0.39 is 0 Å². The molecule has 2 amide bonds. The number of para-hydroxylation sites is 1. The number of aryl methyl sites for hydroxylation is 2. The Hall–Kier alpha value is -3.23. The minimum Gasteiger partial charge on any atom is -0.450 e. The summed E-state index contributed by atoms with van der Waals surface area (Å²) in [6, 6.07) is 14.2. The minimum absolute atomic E-state index is 0.0588. The van der Waals surface area contributed by atoms with Gasteiger partial charge in [-0.25, -0.2) is 9.78 Å². The number of anilines is 1. The van der Waals surface area contributed by atoms with E-state index in [0.29, 0.717) is 32.5 Å². The van der Waals surface area contributed by atoms with Gasteiger partial charge in [-0.05, 0) is 61.6 Å². The summed E-state index contributed by atoms with van der Waals surface area (Å²) in [5.74, 6) is -0.0588. The Balaban J connectivity index is 1.48. The lowest BCUT2D eigenvalue weighted by Crippen LogP contribution is -2.35. The number of hydrogen-bond donors (Lipinski definition) is 1. The van der Waals surface area contributed by atoms with E-state index in [1.54, 1.807) is 16.2 Å². The van der Waals surface area contributed by atoms with Gasteiger partial charge in [-0.15, -0.1) is 22.7 Å². The smallest absolute Gasteiger partial charge is 0.410 e. The Morgan fingerprint density at radius 1 is 1.11 bits per heavy atom. The lowest BCUT2D eigenvalue weighted by atomic mass is 10.0. The first kappa shape index (κ1) is 23.5. The molecular weight excluding hydrogens is 478 g/mol. The number of hydrogen-bond acceptors (Lipinski definition) is 6. The van der Waals surface area contributed by atoms with Gasteiger partial charge in [-0.3, -0.25) is 4.79 Å². The van der Waals surface area contributed by atoms with E-state index in [4.69, 9.17) is 9.72 Å². The number of thiazole rings is 1. The third kappa shape index (κ3) is 4.81. The van der Waals surface area contributed by atoms with Gasteiger partial charge in [0.05, 0.1) is 29.8 Å². The Bertz CT molecular complexity index is 1390. The van der Waals surface area contributed by atoms with Crippen molar-refractivity contribution in [1.29, 1.82) is 0 Å². The monoisotopic (exact) mass is 505 g/mol. The largest absolute Gasteiger partial charge is 0.450 e. The number of nitrogens with zero attached hydrogens (tertiary/aromatic N) is 2. The third-order valence-corrected chi connectivity index (χ3v) is 8.47. The van der Waals surface area contributed by atoms with E-state index in [1.165, 1.54) is 22.5 Å². The van der Waals surface area contributed by atoms with Crippen molar-refractivity contribution >= 4 is 49.9 Å². The maximum absolute atomic E-state index is 13.1. The molecule has 4 aromatic rings. The zero-order valence-electron chi connectivity index (χ0n) is 20.0. The summed E-state index contributed by atoms with van der Waals surface area (Å²) in [6.45, 7) is 7.35. The number of nitrogens with one attached hydrogen (secondary N) is 1. The maximum atomic E-state index is 13.1. The van der Waals surface area contributed by atoms with Gasteiger partial charge in [0.25, 0.3) is 0 Å². The molecular formula is C27H27N3O3S2. The Morgan fingerprint density at radius 3 is 2.71 bits per heavy atom. The number of rotatable bonds is 5. The van der Waals surface area contributed by atoms with Gasteiger partial charge in [0, 0.05) is 17.0 Å². The number of fused-ring (bicyclic) bond motifs is 2. The summed E-state index contributed by atoms with van der Waals surface area (Å²) >= 11 is 3.17. The molecule has 3 heterocycles. The zero-order chi connectivity index (χ0) is 24.5. The number of ether oxygens (including phenoxy) is 1. The summed E-state index contributed by atoms with van der Waals surface area (Å²) in [7, 11) is 0. The normalized spacial score (nSPS) is 13.1. The lowest BCUT2D eigenvalue weighted by Gasteiger charge is -2.26. The topological polar surface area (TPSA) is 71.5 Å². The fourth-order valence-corrected chi connectivity index (χ4v) is 6.73. The standard InChI is InChI=1S/C27H27N3O3S2/c1-4-33-27(32)30-12-11-19-22(15-30)35-26(24(19)25-28-20-7-5-6-8-21(20)34-25)29-23(31)14-18-10-9-16(2)17(3)13-18/h5-10,13H,4,11-12,14-15H2,1-3H3,(H,29,31). The highest BCUT2D eigenvalue weighted by molar-refractivity contribution is 7.22. The second kappa shape index (κ2) is 9.79. The van der Waals surface area contributed by atoms with Gasteiger partial charge in [0.2, 0.25) is 5.91 Å². The maximum Gasteiger partial charge on any atom is 0.410 e. The molecule has 0 atom stereocenters. The van der Waals surface area contributed by atoms with Crippen molar-refractivity contribution in [3.63, 3.8) is 0 Å². The van der Waals surface area contributed by atoms with Crippen LogP contribution in [0, 0.1) is 13.8 Å². The number of carbonyl (C=O) groups excluding carboxylic acids is 2. The van der Waals surface area contributed by atoms with Crippen LogP contribution in [0.25, 0.3) is 20.8 Å². The van der Waals surface area contributed by atoms with Crippen LogP contribution >= 0.6 is 22.7 Å². The molecule has 0 saturated carbocycles. The van der Waals surface area contributed by atoms with Crippen LogP contribution in [0.4, 0.5) is 9.80 Å². The molecule has 0 fully saturated rings. The third-order valence-electron chi connectivity index (χ3n) is 6.28. The summed E-state index contributed by atoms with van der Waals surface area (Å²) in [4.78, 5) is 33.1. The van der Waals surface area contributed by atoms with Gasteiger partial charge in [0.1, 0.15) is 10.0 Å². The molecule has 180 valence electrons. The van der Waals surface area contributed by atoms with Crippen molar-refractivity contribution in [1.82, 2.24) is 9.88 Å². The molecule has 8 heteroatoms.